The van der Waals surface area contributed by atoms with Crippen LogP contribution in [0, 0.1) is 0 Å². The van der Waals surface area contributed by atoms with Crippen LogP contribution in [0.5, 0.6) is 5.75 Å². The van der Waals surface area contributed by atoms with Gasteiger partial charge in [-0.3, -0.25) is 0 Å². The van der Waals surface area contributed by atoms with E-state index in [2.05, 4.69) is 53.1 Å². The Morgan fingerprint density at radius 1 is 1.33 bits per heavy atom. The second-order valence-corrected chi connectivity index (χ2v) is 6.47. The lowest BCUT2D eigenvalue weighted by atomic mass is 10.1. The van der Waals surface area contributed by atoms with E-state index in [0.717, 1.165) is 37.7 Å². The summed E-state index contributed by atoms with van der Waals surface area (Å²) in [5, 5.41) is 12.4. The minimum atomic E-state index is -0.323. The molecule has 0 spiro atoms. The summed E-state index contributed by atoms with van der Waals surface area (Å²) >= 11 is 10.6. The molecule has 0 bridgehead atoms. The van der Waals surface area contributed by atoms with E-state index in [9.17, 15) is 5.11 Å². The largest absolute Gasteiger partial charge is 0.494 e. The second-order valence-electron chi connectivity index (χ2n) is 3.97. The van der Waals surface area contributed by atoms with Gasteiger partial charge in [-0.2, -0.15) is 0 Å². The Hall–Kier alpha value is 0.380. The fourth-order valence-electron chi connectivity index (χ4n) is 1.55. The average Bonchev–Trinajstić information content (AvgIpc) is 2.27. The minimum absolute atomic E-state index is 0.323. The van der Waals surface area contributed by atoms with Gasteiger partial charge in [0.15, 0.2) is 0 Å². The monoisotopic (exact) mass is 443 g/mol. The molecule has 1 atom stereocenters. The maximum absolute atomic E-state index is 9.17. The fourth-order valence-corrected chi connectivity index (χ4v) is 4.39. The maximum atomic E-state index is 9.17. The lowest BCUT2D eigenvalue weighted by Crippen LogP contribution is -2.26. The van der Waals surface area contributed by atoms with Crippen molar-refractivity contribution in [2.24, 2.45) is 0 Å². The zero-order chi connectivity index (χ0) is 13.7. The molecule has 0 fully saturated rings. The van der Waals surface area contributed by atoms with Crippen molar-refractivity contribution >= 4 is 47.8 Å². The Morgan fingerprint density at radius 3 is 2.56 bits per heavy atom. The third-order valence-corrected chi connectivity index (χ3v) is 4.55. The van der Waals surface area contributed by atoms with Gasteiger partial charge in [0.2, 0.25) is 0 Å². The summed E-state index contributed by atoms with van der Waals surface area (Å²) in [6, 6.07) is 1.98. The molecular formula is C12H16Br3NO2. The van der Waals surface area contributed by atoms with Crippen LogP contribution >= 0.6 is 47.8 Å². The van der Waals surface area contributed by atoms with E-state index in [-0.39, 0.29) is 6.10 Å². The van der Waals surface area contributed by atoms with Crippen molar-refractivity contribution in [1.29, 1.82) is 0 Å². The van der Waals surface area contributed by atoms with Crippen LogP contribution in [0.4, 0.5) is 0 Å². The van der Waals surface area contributed by atoms with Crippen LogP contribution in [0.1, 0.15) is 12.5 Å². The molecule has 102 valence electrons. The molecule has 0 amide bonds. The van der Waals surface area contributed by atoms with Crippen molar-refractivity contribution in [2.45, 2.75) is 19.4 Å². The number of aliphatic hydroxyl groups is 1. The number of ether oxygens (including phenoxy) is 1. The highest BCUT2D eigenvalue weighted by Crippen LogP contribution is 2.40. The van der Waals surface area contributed by atoms with E-state index in [1.807, 2.05) is 6.07 Å². The van der Waals surface area contributed by atoms with Crippen LogP contribution in [0.3, 0.4) is 0 Å². The van der Waals surface area contributed by atoms with E-state index < -0.39 is 0 Å². The molecule has 18 heavy (non-hydrogen) atoms. The molecule has 0 saturated heterocycles. The summed E-state index contributed by atoms with van der Waals surface area (Å²) in [5.41, 5.74) is 1.15. The molecule has 0 aliphatic rings. The van der Waals surface area contributed by atoms with Crippen LogP contribution in [-0.2, 0) is 6.42 Å². The number of aliphatic hydroxyl groups excluding tert-OH is 1. The Bertz CT molecular complexity index is 411. The average molecular weight is 446 g/mol. The third-order valence-electron chi connectivity index (χ3n) is 2.42. The number of rotatable bonds is 6. The fraction of sp³-hybridized carbons (Fsp3) is 0.500. The number of methoxy groups -OCH3 is 1. The summed E-state index contributed by atoms with van der Waals surface area (Å²) in [4.78, 5) is 0. The molecule has 3 nitrogen and oxygen atoms in total. The first kappa shape index (κ1) is 16.4. The van der Waals surface area contributed by atoms with Gasteiger partial charge in [0.25, 0.3) is 0 Å². The molecule has 1 rings (SSSR count). The maximum Gasteiger partial charge on any atom is 0.147 e. The van der Waals surface area contributed by atoms with Crippen LogP contribution in [0.2, 0.25) is 0 Å². The molecule has 0 heterocycles. The van der Waals surface area contributed by atoms with Gasteiger partial charge in [-0.1, -0.05) is 15.9 Å². The number of nitrogens with one attached hydrogen (secondary N) is 1. The Kier molecular flexibility index (Phi) is 7.16. The molecular weight excluding hydrogens is 430 g/mol. The normalized spacial score (nSPS) is 12.6. The van der Waals surface area contributed by atoms with Crippen LogP contribution in [-0.4, -0.2) is 31.4 Å². The van der Waals surface area contributed by atoms with Gasteiger partial charge < -0.3 is 15.2 Å². The standard InChI is InChI=1S/C12H16Br3NO2/c1-7(17)6-16-4-3-8-9(13)5-10(14)12(18-2)11(8)15/h5,7,16-17H,3-4,6H2,1-2H3/t7-/m0/s1. The van der Waals surface area contributed by atoms with Gasteiger partial charge in [-0.25, -0.2) is 0 Å². The zero-order valence-corrected chi connectivity index (χ0v) is 15.0. The molecule has 0 unspecified atom stereocenters. The number of hydrogen-bond donors (Lipinski definition) is 2. The lowest BCUT2D eigenvalue weighted by Gasteiger charge is -2.14. The van der Waals surface area contributed by atoms with Crippen LogP contribution in [0.15, 0.2) is 19.5 Å². The number of benzene rings is 1. The summed E-state index contributed by atoms with van der Waals surface area (Å²) < 4.78 is 8.23. The van der Waals surface area contributed by atoms with Gasteiger partial charge in [-0.05, 0) is 63.4 Å². The molecule has 0 saturated carbocycles. The molecule has 0 aromatic heterocycles. The van der Waals surface area contributed by atoms with E-state index in [1.54, 1.807) is 14.0 Å². The number of halogens is 3. The lowest BCUT2D eigenvalue weighted by molar-refractivity contribution is 0.191. The summed E-state index contributed by atoms with van der Waals surface area (Å²) in [6.07, 6.45) is 0.522. The van der Waals surface area contributed by atoms with Crippen molar-refractivity contribution < 1.29 is 9.84 Å². The van der Waals surface area contributed by atoms with Crippen molar-refractivity contribution in [3.05, 3.63) is 25.0 Å². The summed E-state index contributed by atoms with van der Waals surface area (Å²) in [5.74, 6) is 0.795. The van der Waals surface area contributed by atoms with E-state index in [0.29, 0.717) is 6.54 Å². The molecule has 0 aliphatic heterocycles. The number of hydrogen-bond acceptors (Lipinski definition) is 3. The molecule has 2 N–H and O–H groups in total. The van der Waals surface area contributed by atoms with Gasteiger partial charge in [0.1, 0.15) is 5.75 Å². The first-order chi connectivity index (χ1) is 8.47. The van der Waals surface area contributed by atoms with E-state index >= 15 is 0 Å². The smallest absolute Gasteiger partial charge is 0.147 e. The highest BCUT2D eigenvalue weighted by molar-refractivity contribution is 9.11. The molecule has 1 aromatic rings. The van der Waals surface area contributed by atoms with Crippen LogP contribution < -0.4 is 10.1 Å². The van der Waals surface area contributed by atoms with Crippen LogP contribution in [0.25, 0.3) is 0 Å². The molecule has 0 radical (unpaired) electrons. The highest BCUT2D eigenvalue weighted by atomic mass is 79.9. The summed E-state index contributed by atoms with van der Waals surface area (Å²) in [7, 11) is 1.65. The predicted octanol–water partition coefficient (Wildman–Crippen LogP) is 3.50. The Labute approximate surface area is 133 Å². The predicted molar refractivity (Wildman–Crippen MR) is 84.3 cm³/mol. The van der Waals surface area contributed by atoms with Crippen molar-refractivity contribution in [2.75, 3.05) is 20.2 Å². The molecule has 6 heteroatoms. The van der Waals surface area contributed by atoms with E-state index in [1.165, 1.54) is 0 Å². The van der Waals surface area contributed by atoms with Crippen molar-refractivity contribution in [3.8, 4) is 5.75 Å². The van der Waals surface area contributed by atoms with Gasteiger partial charge >= 0.3 is 0 Å². The SMILES string of the molecule is COc1c(Br)cc(Br)c(CCNC[C@H](C)O)c1Br. The van der Waals surface area contributed by atoms with Gasteiger partial charge in [-0.15, -0.1) is 0 Å². The Balaban J connectivity index is 2.76. The van der Waals surface area contributed by atoms with E-state index in [4.69, 9.17) is 4.74 Å². The minimum Gasteiger partial charge on any atom is -0.494 e. The van der Waals surface area contributed by atoms with Crippen molar-refractivity contribution in [1.82, 2.24) is 5.32 Å². The van der Waals surface area contributed by atoms with Gasteiger partial charge in [0, 0.05) is 11.0 Å². The quantitative estimate of drug-likeness (QED) is 0.658. The highest BCUT2D eigenvalue weighted by Gasteiger charge is 2.14. The second kappa shape index (κ2) is 7.85. The molecule has 1 aromatic carbocycles. The zero-order valence-electron chi connectivity index (χ0n) is 10.3. The first-order valence-electron chi connectivity index (χ1n) is 5.56. The Morgan fingerprint density at radius 2 is 2.00 bits per heavy atom. The molecule has 0 aliphatic carbocycles. The summed E-state index contributed by atoms with van der Waals surface area (Å²) in [6.45, 7) is 3.16. The van der Waals surface area contributed by atoms with Crippen molar-refractivity contribution in [3.63, 3.8) is 0 Å². The van der Waals surface area contributed by atoms with Gasteiger partial charge in [0.05, 0.1) is 22.2 Å². The topological polar surface area (TPSA) is 41.5 Å². The third kappa shape index (κ3) is 4.49. The first-order valence-corrected chi connectivity index (χ1v) is 7.94.